The lowest BCUT2D eigenvalue weighted by Crippen LogP contribution is -2.20. The van der Waals surface area contributed by atoms with Crippen LogP contribution in [0.25, 0.3) is 0 Å². The summed E-state index contributed by atoms with van der Waals surface area (Å²) in [6.07, 6.45) is 0.610. The van der Waals surface area contributed by atoms with Crippen LogP contribution in [0, 0.1) is 0 Å². The summed E-state index contributed by atoms with van der Waals surface area (Å²) in [6, 6.07) is 7.55. The normalized spacial score (nSPS) is 13.4. The molecule has 0 spiro atoms. The predicted octanol–water partition coefficient (Wildman–Crippen LogP) is 2.12. The lowest BCUT2D eigenvalue weighted by molar-refractivity contribution is 0.599. The first-order valence-electron chi connectivity index (χ1n) is 5.77. The van der Waals surface area contributed by atoms with E-state index < -0.39 is 10.0 Å². The van der Waals surface area contributed by atoms with Gasteiger partial charge in [0, 0.05) is 6.04 Å². The smallest absolute Gasteiger partial charge is 0.232 e. The number of rotatable bonds is 6. The maximum absolute atomic E-state index is 11.7. The lowest BCUT2D eigenvalue weighted by atomic mass is 10.1. The van der Waals surface area contributed by atoms with Crippen molar-refractivity contribution in [3.63, 3.8) is 0 Å². The number of sulfonamides is 1. The number of nitrogens with one attached hydrogen (secondary N) is 2. The molecule has 0 amide bonds. The number of anilines is 1. The SMILES string of the molecule is CCCS(=O)(=O)Nc1ccccc1C(C)NC. The molecule has 1 unspecified atom stereocenters. The van der Waals surface area contributed by atoms with Crippen LogP contribution in [-0.4, -0.2) is 21.2 Å². The summed E-state index contributed by atoms with van der Waals surface area (Å²) in [6.45, 7) is 3.84. The van der Waals surface area contributed by atoms with E-state index >= 15 is 0 Å². The van der Waals surface area contributed by atoms with Gasteiger partial charge < -0.3 is 5.32 Å². The summed E-state index contributed by atoms with van der Waals surface area (Å²) in [5.74, 6) is 0.148. The van der Waals surface area contributed by atoms with E-state index in [0.717, 1.165) is 5.56 Å². The Morgan fingerprint density at radius 2 is 1.94 bits per heavy atom. The molecule has 17 heavy (non-hydrogen) atoms. The van der Waals surface area contributed by atoms with E-state index in [1.54, 1.807) is 6.07 Å². The Kier molecular flexibility index (Phi) is 4.96. The molecule has 1 atom stereocenters. The van der Waals surface area contributed by atoms with Gasteiger partial charge in [-0.3, -0.25) is 4.72 Å². The lowest BCUT2D eigenvalue weighted by Gasteiger charge is -2.16. The van der Waals surface area contributed by atoms with E-state index in [2.05, 4.69) is 10.0 Å². The minimum atomic E-state index is -3.23. The molecule has 2 N–H and O–H groups in total. The monoisotopic (exact) mass is 256 g/mol. The van der Waals surface area contributed by atoms with Crippen molar-refractivity contribution in [2.24, 2.45) is 0 Å². The van der Waals surface area contributed by atoms with Gasteiger partial charge in [-0.2, -0.15) is 0 Å². The number of para-hydroxylation sites is 1. The van der Waals surface area contributed by atoms with Crippen molar-refractivity contribution in [3.8, 4) is 0 Å². The average molecular weight is 256 g/mol. The van der Waals surface area contributed by atoms with Crippen molar-refractivity contribution < 1.29 is 8.42 Å². The van der Waals surface area contributed by atoms with E-state index in [9.17, 15) is 8.42 Å². The summed E-state index contributed by atoms with van der Waals surface area (Å²) >= 11 is 0. The Bertz CT molecular complexity index is 457. The molecule has 0 aromatic heterocycles. The molecule has 0 fully saturated rings. The van der Waals surface area contributed by atoms with Crippen LogP contribution in [-0.2, 0) is 10.0 Å². The van der Waals surface area contributed by atoms with E-state index in [-0.39, 0.29) is 11.8 Å². The van der Waals surface area contributed by atoms with E-state index in [1.807, 2.05) is 39.1 Å². The second-order valence-electron chi connectivity index (χ2n) is 4.02. The zero-order chi connectivity index (χ0) is 12.9. The largest absolute Gasteiger partial charge is 0.313 e. The molecule has 0 aliphatic heterocycles. The quantitative estimate of drug-likeness (QED) is 0.819. The molecule has 4 nitrogen and oxygen atoms in total. The van der Waals surface area contributed by atoms with Crippen molar-refractivity contribution >= 4 is 15.7 Å². The van der Waals surface area contributed by atoms with Crippen molar-refractivity contribution in [2.75, 3.05) is 17.5 Å². The fourth-order valence-electron chi connectivity index (χ4n) is 1.61. The van der Waals surface area contributed by atoms with Gasteiger partial charge in [0.1, 0.15) is 0 Å². The second kappa shape index (κ2) is 6.02. The molecule has 0 saturated carbocycles. The zero-order valence-electron chi connectivity index (χ0n) is 10.5. The fourth-order valence-corrected chi connectivity index (χ4v) is 2.77. The highest BCUT2D eigenvalue weighted by molar-refractivity contribution is 7.92. The number of hydrogen-bond acceptors (Lipinski definition) is 3. The number of benzene rings is 1. The molecule has 5 heteroatoms. The van der Waals surface area contributed by atoms with E-state index in [4.69, 9.17) is 0 Å². The Balaban J connectivity index is 2.99. The third-order valence-corrected chi connectivity index (χ3v) is 4.08. The molecule has 0 radical (unpaired) electrons. The van der Waals surface area contributed by atoms with Crippen LogP contribution in [0.15, 0.2) is 24.3 Å². The summed E-state index contributed by atoms with van der Waals surface area (Å²) in [7, 11) is -1.38. The van der Waals surface area contributed by atoms with E-state index in [0.29, 0.717) is 12.1 Å². The van der Waals surface area contributed by atoms with Crippen molar-refractivity contribution in [1.29, 1.82) is 0 Å². The maximum atomic E-state index is 11.7. The van der Waals surface area contributed by atoms with Crippen molar-refractivity contribution in [3.05, 3.63) is 29.8 Å². The van der Waals surface area contributed by atoms with Crippen LogP contribution in [0.1, 0.15) is 31.9 Å². The van der Waals surface area contributed by atoms with Gasteiger partial charge in [0.2, 0.25) is 10.0 Å². The number of hydrogen-bond donors (Lipinski definition) is 2. The van der Waals surface area contributed by atoms with Crippen LogP contribution < -0.4 is 10.0 Å². The first kappa shape index (κ1) is 14.0. The standard InChI is InChI=1S/C12H20N2O2S/c1-4-9-17(15,16)14-12-8-6-5-7-11(12)10(2)13-3/h5-8,10,13-14H,4,9H2,1-3H3. The highest BCUT2D eigenvalue weighted by Gasteiger charge is 2.13. The van der Waals surface area contributed by atoms with Crippen LogP contribution in [0.4, 0.5) is 5.69 Å². The topological polar surface area (TPSA) is 58.2 Å². The summed E-state index contributed by atoms with van der Waals surface area (Å²) in [5.41, 5.74) is 1.61. The molecule has 96 valence electrons. The van der Waals surface area contributed by atoms with Gasteiger partial charge in [-0.15, -0.1) is 0 Å². The Labute approximate surface area is 103 Å². The molecule has 0 bridgehead atoms. The molecule has 0 saturated heterocycles. The molecular formula is C12H20N2O2S. The van der Waals surface area contributed by atoms with Crippen LogP contribution in [0.3, 0.4) is 0 Å². The van der Waals surface area contributed by atoms with Crippen molar-refractivity contribution in [2.45, 2.75) is 26.3 Å². The molecule has 1 aromatic rings. The van der Waals surface area contributed by atoms with Crippen LogP contribution in [0.2, 0.25) is 0 Å². The summed E-state index contributed by atoms with van der Waals surface area (Å²) in [5, 5.41) is 3.10. The van der Waals surface area contributed by atoms with Crippen LogP contribution in [0.5, 0.6) is 0 Å². The fraction of sp³-hybridized carbons (Fsp3) is 0.500. The van der Waals surface area contributed by atoms with Gasteiger partial charge in [0.15, 0.2) is 0 Å². The second-order valence-corrected chi connectivity index (χ2v) is 5.86. The predicted molar refractivity (Wildman–Crippen MR) is 71.6 cm³/mol. The van der Waals surface area contributed by atoms with Gasteiger partial charge in [0.25, 0.3) is 0 Å². The van der Waals surface area contributed by atoms with E-state index in [1.165, 1.54) is 0 Å². The molecule has 1 rings (SSSR count). The Morgan fingerprint density at radius 1 is 1.29 bits per heavy atom. The van der Waals surface area contributed by atoms with Crippen molar-refractivity contribution in [1.82, 2.24) is 5.32 Å². The first-order valence-corrected chi connectivity index (χ1v) is 7.42. The van der Waals surface area contributed by atoms with Gasteiger partial charge >= 0.3 is 0 Å². The molecule has 0 heterocycles. The van der Waals surface area contributed by atoms with Gasteiger partial charge in [-0.25, -0.2) is 8.42 Å². The maximum Gasteiger partial charge on any atom is 0.232 e. The Hall–Kier alpha value is -1.07. The van der Waals surface area contributed by atoms with Gasteiger partial charge in [0.05, 0.1) is 11.4 Å². The first-order chi connectivity index (χ1) is 8.00. The molecule has 0 aliphatic rings. The highest BCUT2D eigenvalue weighted by atomic mass is 32.2. The molecular weight excluding hydrogens is 236 g/mol. The summed E-state index contributed by atoms with van der Waals surface area (Å²) in [4.78, 5) is 0. The zero-order valence-corrected chi connectivity index (χ0v) is 11.3. The summed E-state index contributed by atoms with van der Waals surface area (Å²) < 4.78 is 26.1. The van der Waals surface area contributed by atoms with Gasteiger partial charge in [-0.1, -0.05) is 25.1 Å². The third-order valence-electron chi connectivity index (χ3n) is 2.60. The minimum absolute atomic E-state index is 0.107. The van der Waals surface area contributed by atoms with Gasteiger partial charge in [-0.05, 0) is 32.0 Å². The minimum Gasteiger partial charge on any atom is -0.313 e. The Morgan fingerprint density at radius 3 is 2.53 bits per heavy atom. The van der Waals surface area contributed by atoms with Crippen LogP contribution >= 0.6 is 0 Å². The highest BCUT2D eigenvalue weighted by Crippen LogP contribution is 2.23. The third kappa shape index (κ3) is 4.02. The molecule has 1 aromatic carbocycles. The average Bonchev–Trinajstić information content (AvgIpc) is 2.28. The molecule has 0 aliphatic carbocycles.